The highest BCUT2D eigenvalue weighted by Crippen LogP contribution is 2.42. The van der Waals surface area contributed by atoms with Crippen molar-refractivity contribution in [3.8, 4) is 34.4 Å². The van der Waals surface area contributed by atoms with Gasteiger partial charge in [-0.3, -0.25) is 13.9 Å². The Labute approximate surface area is 158 Å². The molecule has 0 radical (unpaired) electrons. The standard InChI is InChI=1S/C18H17N5O5/c1-22-16-13(17(25)23(2)18(22)26)12(9(7-19)15(20)21-16)8-5-10(27-3)14(24)11(6-8)28-4/h5-6,24H,1-4H3,(H2,20,21). The van der Waals surface area contributed by atoms with E-state index in [1.165, 1.54) is 45.0 Å². The zero-order valence-corrected chi connectivity index (χ0v) is 15.6. The zero-order valence-electron chi connectivity index (χ0n) is 15.6. The van der Waals surface area contributed by atoms with E-state index < -0.39 is 11.2 Å². The van der Waals surface area contributed by atoms with Gasteiger partial charge in [0.15, 0.2) is 17.1 Å². The molecule has 0 aliphatic rings. The van der Waals surface area contributed by atoms with Gasteiger partial charge in [-0.05, 0) is 17.7 Å². The number of rotatable bonds is 3. The van der Waals surface area contributed by atoms with Gasteiger partial charge in [-0.15, -0.1) is 0 Å². The van der Waals surface area contributed by atoms with E-state index in [-0.39, 0.29) is 45.2 Å². The molecule has 144 valence electrons. The first-order valence-electron chi connectivity index (χ1n) is 8.01. The van der Waals surface area contributed by atoms with E-state index in [1.54, 1.807) is 0 Å². The predicted molar refractivity (Wildman–Crippen MR) is 102 cm³/mol. The number of fused-ring (bicyclic) bond motifs is 1. The third-order valence-electron chi connectivity index (χ3n) is 4.50. The number of nitrogens with zero attached hydrogens (tertiary/aromatic N) is 4. The molecule has 3 aromatic rings. The first-order chi connectivity index (χ1) is 13.3. The predicted octanol–water partition coefficient (Wildman–Crippen LogP) is 0.476. The van der Waals surface area contributed by atoms with Crippen LogP contribution in [0.5, 0.6) is 17.2 Å². The number of hydrogen-bond donors (Lipinski definition) is 2. The van der Waals surface area contributed by atoms with Crippen LogP contribution in [-0.4, -0.2) is 33.4 Å². The van der Waals surface area contributed by atoms with Gasteiger partial charge >= 0.3 is 5.69 Å². The number of ether oxygens (including phenoxy) is 2. The normalized spacial score (nSPS) is 10.7. The quantitative estimate of drug-likeness (QED) is 0.664. The van der Waals surface area contributed by atoms with Crippen LogP contribution in [0.25, 0.3) is 22.2 Å². The maximum absolute atomic E-state index is 12.9. The van der Waals surface area contributed by atoms with Crippen LogP contribution in [0, 0.1) is 11.3 Å². The average molecular weight is 383 g/mol. The van der Waals surface area contributed by atoms with E-state index in [0.717, 1.165) is 4.57 Å². The highest BCUT2D eigenvalue weighted by Gasteiger charge is 2.23. The number of phenolic OH excluding ortho intramolecular Hbond substituents is 1. The van der Waals surface area contributed by atoms with Crippen molar-refractivity contribution in [3.63, 3.8) is 0 Å². The van der Waals surface area contributed by atoms with Crippen LogP contribution in [0.15, 0.2) is 21.7 Å². The zero-order chi connectivity index (χ0) is 20.7. The number of nitrogen functional groups attached to an aromatic ring is 1. The lowest BCUT2D eigenvalue weighted by molar-refractivity contribution is 0.340. The molecule has 2 aromatic heterocycles. The topological polar surface area (TPSA) is 145 Å². The van der Waals surface area contributed by atoms with Gasteiger partial charge in [0, 0.05) is 19.7 Å². The molecular formula is C18H17N5O5. The SMILES string of the molecule is COc1cc(-c2c(C#N)c(N)nc3c2c(=O)n(C)c(=O)n3C)cc(OC)c1O. The number of pyridine rings is 1. The van der Waals surface area contributed by atoms with Crippen molar-refractivity contribution in [3.05, 3.63) is 38.5 Å². The van der Waals surface area contributed by atoms with E-state index in [9.17, 15) is 20.0 Å². The smallest absolute Gasteiger partial charge is 0.332 e. The van der Waals surface area contributed by atoms with Gasteiger partial charge in [-0.1, -0.05) is 0 Å². The minimum absolute atomic E-state index is 0.0325. The van der Waals surface area contributed by atoms with Crippen molar-refractivity contribution in [1.29, 1.82) is 5.26 Å². The van der Waals surface area contributed by atoms with Crippen molar-refractivity contribution in [1.82, 2.24) is 14.1 Å². The molecule has 10 heteroatoms. The lowest BCUT2D eigenvalue weighted by Gasteiger charge is -2.16. The number of hydrogen-bond acceptors (Lipinski definition) is 8. The maximum atomic E-state index is 12.9. The van der Waals surface area contributed by atoms with Gasteiger partial charge in [0.1, 0.15) is 17.5 Å². The first kappa shape index (κ1) is 18.8. The molecule has 3 N–H and O–H groups in total. The molecule has 0 amide bonds. The van der Waals surface area contributed by atoms with Crippen LogP contribution in [-0.2, 0) is 14.1 Å². The monoisotopic (exact) mass is 383 g/mol. The van der Waals surface area contributed by atoms with E-state index in [4.69, 9.17) is 15.2 Å². The summed E-state index contributed by atoms with van der Waals surface area (Å²) < 4.78 is 12.4. The van der Waals surface area contributed by atoms with Crippen LogP contribution >= 0.6 is 0 Å². The summed E-state index contributed by atoms with van der Waals surface area (Å²) in [5.41, 5.74) is 5.21. The van der Waals surface area contributed by atoms with E-state index >= 15 is 0 Å². The minimum Gasteiger partial charge on any atom is -0.502 e. The number of nitriles is 1. The molecular weight excluding hydrogens is 366 g/mol. The number of aromatic hydroxyl groups is 1. The van der Waals surface area contributed by atoms with Crippen LogP contribution in [0.2, 0.25) is 0 Å². The summed E-state index contributed by atoms with van der Waals surface area (Å²) in [4.78, 5) is 29.3. The Morgan fingerprint density at radius 1 is 1.14 bits per heavy atom. The van der Waals surface area contributed by atoms with E-state index in [1.807, 2.05) is 6.07 Å². The number of aryl methyl sites for hydroxylation is 1. The Balaban J connectivity index is 2.64. The molecule has 0 saturated carbocycles. The maximum Gasteiger partial charge on any atom is 0.332 e. The molecule has 0 atom stereocenters. The molecule has 0 bridgehead atoms. The fourth-order valence-electron chi connectivity index (χ4n) is 3.05. The van der Waals surface area contributed by atoms with E-state index in [0.29, 0.717) is 5.56 Å². The van der Waals surface area contributed by atoms with Crippen LogP contribution in [0.1, 0.15) is 5.56 Å². The summed E-state index contributed by atoms with van der Waals surface area (Å²) in [6, 6.07) is 4.84. The molecule has 0 spiro atoms. The van der Waals surface area contributed by atoms with Crippen LogP contribution < -0.4 is 26.5 Å². The van der Waals surface area contributed by atoms with Gasteiger partial charge in [0.2, 0.25) is 5.75 Å². The van der Waals surface area contributed by atoms with Crippen molar-refractivity contribution in [2.75, 3.05) is 20.0 Å². The van der Waals surface area contributed by atoms with Crippen molar-refractivity contribution >= 4 is 16.9 Å². The summed E-state index contributed by atoms with van der Waals surface area (Å²) in [6.45, 7) is 0. The van der Waals surface area contributed by atoms with Gasteiger partial charge in [-0.25, -0.2) is 9.78 Å². The lowest BCUT2D eigenvalue weighted by atomic mass is 9.97. The van der Waals surface area contributed by atoms with Crippen molar-refractivity contribution < 1.29 is 14.6 Å². The summed E-state index contributed by atoms with van der Waals surface area (Å²) in [5.74, 6) is -0.231. The number of methoxy groups -OCH3 is 2. The Kier molecular flexibility index (Phi) is 4.44. The number of benzene rings is 1. The second kappa shape index (κ2) is 6.62. The Morgan fingerprint density at radius 3 is 2.21 bits per heavy atom. The number of anilines is 1. The van der Waals surface area contributed by atoms with Crippen molar-refractivity contribution in [2.24, 2.45) is 14.1 Å². The number of aromatic nitrogens is 3. The lowest BCUT2D eigenvalue weighted by Crippen LogP contribution is -2.37. The molecule has 0 fully saturated rings. The highest BCUT2D eigenvalue weighted by molar-refractivity contribution is 5.98. The summed E-state index contributed by atoms with van der Waals surface area (Å²) in [7, 11) is 5.48. The third kappa shape index (κ3) is 2.52. The number of phenols is 1. The molecule has 3 rings (SSSR count). The molecule has 0 aliphatic heterocycles. The van der Waals surface area contributed by atoms with Gasteiger partial charge in [0.05, 0.1) is 19.6 Å². The molecule has 2 heterocycles. The average Bonchev–Trinajstić information content (AvgIpc) is 2.69. The first-order valence-corrected chi connectivity index (χ1v) is 8.01. The Morgan fingerprint density at radius 2 is 1.71 bits per heavy atom. The van der Waals surface area contributed by atoms with E-state index in [2.05, 4.69) is 4.98 Å². The fourth-order valence-corrected chi connectivity index (χ4v) is 3.05. The van der Waals surface area contributed by atoms with Gasteiger partial charge in [0.25, 0.3) is 5.56 Å². The third-order valence-corrected chi connectivity index (χ3v) is 4.50. The van der Waals surface area contributed by atoms with Gasteiger partial charge < -0.3 is 20.3 Å². The number of nitrogens with two attached hydrogens (primary N) is 1. The van der Waals surface area contributed by atoms with Gasteiger partial charge in [-0.2, -0.15) is 5.26 Å². The summed E-state index contributed by atoms with van der Waals surface area (Å²) in [6.07, 6.45) is 0. The second-order valence-electron chi connectivity index (χ2n) is 5.99. The molecule has 0 saturated heterocycles. The fraction of sp³-hybridized carbons (Fsp3) is 0.222. The largest absolute Gasteiger partial charge is 0.502 e. The summed E-state index contributed by atoms with van der Waals surface area (Å²) in [5, 5.41) is 19.9. The molecule has 0 unspecified atom stereocenters. The minimum atomic E-state index is -0.636. The second-order valence-corrected chi connectivity index (χ2v) is 5.99. The summed E-state index contributed by atoms with van der Waals surface area (Å²) >= 11 is 0. The molecule has 1 aromatic carbocycles. The Bertz CT molecular complexity index is 1260. The molecule has 28 heavy (non-hydrogen) atoms. The van der Waals surface area contributed by atoms with Crippen LogP contribution in [0.4, 0.5) is 5.82 Å². The highest BCUT2D eigenvalue weighted by atomic mass is 16.5. The Hall–Kier alpha value is -4.00. The molecule has 0 aliphatic carbocycles. The molecule has 10 nitrogen and oxygen atoms in total. The van der Waals surface area contributed by atoms with Crippen molar-refractivity contribution in [2.45, 2.75) is 0 Å². The van der Waals surface area contributed by atoms with Crippen LogP contribution in [0.3, 0.4) is 0 Å².